The van der Waals surface area contributed by atoms with Gasteiger partial charge in [0, 0.05) is 18.7 Å². The van der Waals surface area contributed by atoms with Crippen molar-refractivity contribution in [1.82, 2.24) is 9.97 Å². The molecule has 6 nitrogen and oxygen atoms in total. The van der Waals surface area contributed by atoms with E-state index in [-0.39, 0.29) is 5.69 Å². The number of aryl methyl sites for hydroxylation is 1. The number of fused-ring (bicyclic) bond motifs is 1. The largest absolute Gasteiger partial charge is 0.352 e. The molecule has 0 atom stereocenters. The maximum Gasteiger partial charge on any atom is 0.271 e. The third kappa shape index (κ3) is 2.84. The first kappa shape index (κ1) is 13.1. The average molecular weight is 282 g/mol. The van der Waals surface area contributed by atoms with Crippen LogP contribution in [0.15, 0.2) is 42.5 Å². The van der Waals surface area contributed by atoms with Gasteiger partial charge in [0.25, 0.3) is 5.69 Å². The summed E-state index contributed by atoms with van der Waals surface area (Å²) in [7, 11) is 0. The van der Waals surface area contributed by atoms with E-state index in [0.29, 0.717) is 23.5 Å². The Morgan fingerprint density at radius 1 is 1.29 bits per heavy atom. The Kier molecular flexibility index (Phi) is 3.27. The second-order valence-corrected chi connectivity index (χ2v) is 4.89. The molecule has 0 spiro atoms. The van der Waals surface area contributed by atoms with Crippen LogP contribution in [-0.2, 0) is 6.54 Å². The first-order chi connectivity index (χ1) is 10.1. The average Bonchev–Trinajstić information content (AvgIpc) is 2.87. The predicted molar refractivity (Wildman–Crippen MR) is 81.3 cm³/mol. The van der Waals surface area contributed by atoms with Crippen molar-refractivity contribution in [3.05, 3.63) is 63.7 Å². The summed E-state index contributed by atoms with van der Waals surface area (Å²) in [6.45, 7) is 2.69. The van der Waals surface area contributed by atoms with Crippen LogP contribution in [0.25, 0.3) is 11.0 Å². The number of nitrogens with zero attached hydrogens (tertiary/aromatic N) is 2. The molecule has 1 heterocycles. The number of nitro groups is 1. The van der Waals surface area contributed by atoms with Crippen LogP contribution in [0.4, 0.5) is 11.6 Å². The van der Waals surface area contributed by atoms with E-state index in [1.165, 1.54) is 17.7 Å². The van der Waals surface area contributed by atoms with Gasteiger partial charge in [-0.25, -0.2) is 4.98 Å². The highest BCUT2D eigenvalue weighted by Crippen LogP contribution is 2.20. The fourth-order valence-electron chi connectivity index (χ4n) is 2.20. The Morgan fingerprint density at radius 3 is 2.90 bits per heavy atom. The van der Waals surface area contributed by atoms with Gasteiger partial charge in [0.15, 0.2) is 0 Å². The molecule has 0 amide bonds. The van der Waals surface area contributed by atoms with Crippen LogP contribution >= 0.6 is 0 Å². The Balaban J connectivity index is 1.80. The van der Waals surface area contributed by atoms with E-state index in [0.717, 1.165) is 5.56 Å². The predicted octanol–water partition coefficient (Wildman–Crippen LogP) is 3.39. The van der Waals surface area contributed by atoms with E-state index in [9.17, 15) is 10.1 Å². The monoisotopic (exact) mass is 282 g/mol. The highest BCUT2D eigenvalue weighted by molar-refractivity contribution is 5.79. The third-order valence-electron chi connectivity index (χ3n) is 3.22. The highest BCUT2D eigenvalue weighted by Gasteiger charge is 2.09. The fourth-order valence-corrected chi connectivity index (χ4v) is 2.20. The molecule has 0 radical (unpaired) electrons. The van der Waals surface area contributed by atoms with Crippen LogP contribution in [0.5, 0.6) is 0 Å². The van der Waals surface area contributed by atoms with Crippen LogP contribution in [-0.4, -0.2) is 14.9 Å². The first-order valence-corrected chi connectivity index (χ1v) is 6.55. The lowest BCUT2D eigenvalue weighted by Crippen LogP contribution is -2.00. The van der Waals surface area contributed by atoms with E-state index in [2.05, 4.69) is 21.4 Å². The van der Waals surface area contributed by atoms with Crippen molar-refractivity contribution in [3.63, 3.8) is 0 Å². The van der Waals surface area contributed by atoms with Crippen molar-refractivity contribution in [2.24, 2.45) is 0 Å². The lowest BCUT2D eigenvalue weighted by Gasteiger charge is -2.03. The number of hydrogen-bond acceptors (Lipinski definition) is 4. The van der Waals surface area contributed by atoms with E-state index >= 15 is 0 Å². The second-order valence-electron chi connectivity index (χ2n) is 4.89. The van der Waals surface area contributed by atoms with Gasteiger partial charge in [0.05, 0.1) is 16.0 Å². The normalized spacial score (nSPS) is 10.7. The SMILES string of the molecule is Cc1cccc(CNc2nc3ccc([N+](=O)[O-])cc3[nH]2)c1. The molecule has 0 saturated heterocycles. The molecule has 0 aliphatic rings. The van der Waals surface area contributed by atoms with Crippen molar-refractivity contribution in [2.75, 3.05) is 5.32 Å². The van der Waals surface area contributed by atoms with Gasteiger partial charge in [0.1, 0.15) is 0 Å². The summed E-state index contributed by atoms with van der Waals surface area (Å²) in [6, 6.07) is 12.8. The Morgan fingerprint density at radius 2 is 2.14 bits per heavy atom. The molecular weight excluding hydrogens is 268 g/mol. The maximum absolute atomic E-state index is 10.7. The highest BCUT2D eigenvalue weighted by atomic mass is 16.6. The van der Waals surface area contributed by atoms with Crippen molar-refractivity contribution >= 4 is 22.7 Å². The summed E-state index contributed by atoms with van der Waals surface area (Å²) >= 11 is 0. The molecule has 0 fully saturated rings. The number of aromatic nitrogens is 2. The van der Waals surface area contributed by atoms with E-state index in [1.54, 1.807) is 6.07 Å². The molecule has 106 valence electrons. The topological polar surface area (TPSA) is 83.8 Å². The number of aromatic amines is 1. The molecule has 1 aromatic heterocycles. The number of rotatable bonds is 4. The minimum atomic E-state index is -0.417. The summed E-state index contributed by atoms with van der Waals surface area (Å²) in [5, 5.41) is 13.9. The van der Waals surface area contributed by atoms with E-state index in [1.807, 2.05) is 25.1 Å². The summed E-state index contributed by atoms with van der Waals surface area (Å²) < 4.78 is 0. The van der Waals surface area contributed by atoms with E-state index in [4.69, 9.17) is 0 Å². The Bertz CT molecular complexity index is 810. The summed E-state index contributed by atoms with van der Waals surface area (Å²) in [5.74, 6) is 0.604. The Hall–Kier alpha value is -2.89. The molecule has 0 unspecified atom stereocenters. The van der Waals surface area contributed by atoms with Crippen molar-refractivity contribution < 1.29 is 4.92 Å². The van der Waals surface area contributed by atoms with Crippen LogP contribution in [0.2, 0.25) is 0 Å². The number of nitrogens with one attached hydrogen (secondary N) is 2. The van der Waals surface area contributed by atoms with Crippen LogP contribution in [0.1, 0.15) is 11.1 Å². The minimum absolute atomic E-state index is 0.0522. The zero-order valence-electron chi connectivity index (χ0n) is 11.5. The molecule has 0 saturated carbocycles. The third-order valence-corrected chi connectivity index (χ3v) is 3.22. The summed E-state index contributed by atoms with van der Waals surface area (Å²) in [6.07, 6.45) is 0. The number of hydrogen-bond donors (Lipinski definition) is 2. The van der Waals surface area contributed by atoms with Crippen LogP contribution in [0.3, 0.4) is 0 Å². The van der Waals surface area contributed by atoms with Crippen molar-refractivity contribution in [1.29, 1.82) is 0 Å². The van der Waals surface area contributed by atoms with Crippen molar-refractivity contribution in [3.8, 4) is 0 Å². The van der Waals surface area contributed by atoms with E-state index < -0.39 is 4.92 Å². The molecular formula is C15H14N4O2. The molecule has 21 heavy (non-hydrogen) atoms. The Labute approximate surface area is 121 Å². The molecule has 6 heteroatoms. The van der Waals surface area contributed by atoms with Gasteiger partial charge in [-0.1, -0.05) is 29.8 Å². The van der Waals surface area contributed by atoms with Gasteiger partial charge in [-0.05, 0) is 18.6 Å². The fraction of sp³-hybridized carbons (Fsp3) is 0.133. The molecule has 0 aliphatic carbocycles. The van der Waals surface area contributed by atoms with Crippen molar-refractivity contribution in [2.45, 2.75) is 13.5 Å². The lowest BCUT2D eigenvalue weighted by molar-refractivity contribution is -0.384. The first-order valence-electron chi connectivity index (χ1n) is 6.55. The molecule has 2 aromatic carbocycles. The molecule has 0 bridgehead atoms. The number of anilines is 1. The zero-order chi connectivity index (χ0) is 14.8. The number of benzene rings is 2. The van der Waals surface area contributed by atoms with Crippen LogP contribution in [0, 0.1) is 17.0 Å². The van der Waals surface area contributed by atoms with Crippen LogP contribution < -0.4 is 5.32 Å². The number of imidazole rings is 1. The van der Waals surface area contributed by atoms with Gasteiger partial charge in [-0.2, -0.15) is 0 Å². The maximum atomic E-state index is 10.7. The second kappa shape index (κ2) is 5.24. The van der Waals surface area contributed by atoms with Gasteiger partial charge in [-0.15, -0.1) is 0 Å². The summed E-state index contributed by atoms with van der Waals surface area (Å²) in [4.78, 5) is 17.7. The lowest BCUT2D eigenvalue weighted by atomic mass is 10.1. The van der Waals surface area contributed by atoms with Gasteiger partial charge >= 0.3 is 0 Å². The zero-order valence-corrected chi connectivity index (χ0v) is 11.5. The number of nitro benzene ring substituents is 1. The molecule has 0 aliphatic heterocycles. The quantitative estimate of drug-likeness (QED) is 0.567. The summed E-state index contributed by atoms with van der Waals surface area (Å²) in [5.41, 5.74) is 3.76. The molecule has 3 aromatic rings. The van der Waals surface area contributed by atoms with Gasteiger partial charge in [0.2, 0.25) is 5.95 Å². The minimum Gasteiger partial charge on any atom is -0.352 e. The van der Waals surface area contributed by atoms with Gasteiger partial charge < -0.3 is 10.3 Å². The standard InChI is InChI=1S/C15H14N4O2/c1-10-3-2-4-11(7-10)9-16-15-17-13-6-5-12(19(20)21)8-14(13)18-15/h2-8H,9H2,1H3,(H2,16,17,18). The van der Waals surface area contributed by atoms with Gasteiger partial charge in [-0.3, -0.25) is 10.1 Å². The molecule has 2 N–H and O–H groups in total. The smallest absolute Gasteiger partial charge is 0.271 e. The number of H-pyrrole nitrogens is 1. The molecule has 3 rings (SSSR count). The number of non-ortho nitro benzene ring substituents is 1.